The summed E-state index contributed by atoms with van der Waals surface area (Å²) in [6.07, 6.45) is 0. The van der Waals surface area contributed by atoms with Crippen molar-refractivity contribution in [2.75, 3.05) is 0 Å². The standard InChI is InChI=1S/C9H6N2O4/c1-5-2-6(11(14)15)3-7(9(12)13)8(5)4-10/h2-3H,1H3,(H,12,13). The van der Waals surface area contributed by atoms with Crippen LogP contribution in [0.5, 0.6) is 0 Å². The van der Waals surface area contributed by atoms with Gasteiger partial charge in [0.15, 0.2) is 0 Å². The van der Waals surface area contributed by atoms with Crippen LogP contribution in [0.3, 0.4) is 0 Å². The minimum absolute atomic E-state index is 0.0481. The van der Waals surface area contributed by atoms with Gasteiger partial charge in [-0.15, -0.1) is 0 Å². The van der Waals surface area contributed by atoms with Crippen LogP contribution in [0.1, 0.15) is 21.5 Å². The van der Waals surface area contributed by atoms with Gasteiger partial charge in [-0.2, -0.15) is 5.26 Å². The van der Waals surface area contributed by atoms with Crippen molar-refractivity contribution in [1.29, 1.82) is 5.26 Å². The minimum atomic E-state index is -1.35. The predicted octanol–water partition coefficient (Wildman–Crippen LogP) is 1.47. The number of rotatable bonds is 2. The van der Waals surface area contributed by atoms with E-state index in [0.717, 1.165) is 6.07 Å². The van der Waals surface area contributed by atoms with Gasteiger partial charge in [0.05, 0.1) is 16.1 Å². The molecule has 1 aromatic carbocycles. The third kappa shape index (κ3) is 1.91. The molecule has 0 fully saturated rings. The Morgan fingerprint density at radius 3 is 2.60 bits per heavy atom. The average molecular weight is 206 g/mol. The number of hydrogen-bond acceptors (Lipinski definition) is 4. The highest BCUT2D eigenvalue weighted by Crippen LogP contribution is 2.21. The number of carboxylic acid groups (broad SMARTS) is 1. The number of hydrogen-bond donors (Lipinski definition) is 1. The second-order valence-electron chi connectivity index (χ2n) is 2.86. The second kappa shape index (κ2) is 3.75. The van der Waals surface area contributed by atoms with Gasteiger partial charge in [-0.05, 0) is 12.5 Å². The molecule has 0 heterocycles. The molecular weight excluding hydrogens is 200 g/mol. The summed E-state index contributed by atoms with van der Waals surface area (Å²) in [5.74, 6) is -1.35. The van der Waals surface area contributed by atoms with Crippen LogP contribution in [0, 0.1) is 28.4 Å². The normalized spacial score (nSPS) is 9.33. The van der Waals surface area contributed by atoms with E-state index >= 15 is 0 Å². The first-order valence-electron chi connectivity index (χ1n) is 3.89. The molecule has 0 bridgehead atoms. The molecule has 0 saturated heterocycles. The van der Waals surface area contributed by atoms with Crippen LogP contribution < -0.4 is 0 Å². The van der Waals surface area contributed by atoms with Crippen molar-refractivity contribution >= 4 is 11.7 Å². The van der Waals surface area contributed by atoms with Gasteiger partial charge in [0.1, 0.15) is 6.07 Å². The number of nitriles is 1. The zero-order valence-electron chi connectivity index (χ0n) is 7.72. The molecule has 1 N–H and O–H groups in total. The topological polar surface area (TPSA) is 104 Å². The summed E-state index contributed by atoms with van der Waals surface area (Å²) < 4.78 is 0. The zero-order valence-corrected chi connectivity index (χ0v) is 7.72. The average Bonchev–Trinajstić information content (AvgIpc) is 2.16. The summed E-state index contributed by atoms with van der Waals surface area (Å²) in [6, 6.07) is 3.76. The molecule has 6 nitrogen and oxygen atoms in total. The summed E-state index contributed by atoms with van der Waals surface area (Å²) in [7, 11) is 0. The van der Waals surface area contributed by atoms with Crippen molar-refractivity contribution in [3.05, 3.63) is 38.9 Å². The molecule has 1 rings (SSSR count). The first-order chi connectivity index (χ1) is 6.97. The Bertz CT molecular complexity index is 488. The highest BCUT2D eigenvalue weighted by Gasteiger charge is 2.18. The molecule has 0 radical (unpaired) electrons. The number of carboxylic acids is 1. The molecule has 0 unspecified atom stereocenters. The number of aromatic carboxylic acids is 1. The predicted molar refractivity (Wildman–Crippen MR) is 49.5 cm³/mol. The van der Waals surface area contributed by atoms with E-state index in [2.05, 4.69) is 0 Å². The van der Waals surface area contributed by atoms with Crippen LogP contribution in [0.15, 0.2) is 12.1 Å². The van der Waals surface area contributed by atoms with Crippen molar-refractivity contribution < 1.29 is 14.8 Å². The molecule has 15 heavy (non-hydrogen) atoms. The molecule has 1 aromatic rings. The Labute approximate surface area is 84.5 Å². The fraction of sp³-hybridized carbons (Fsp3) is 0.111. The third-order valence-electron chi connectivity index (χ3n) is 1.87. The zero-order chi connectivity index (χ0) is 11.6. The van der Waals surface area contributed by atoms with Gasteiger partial charge in [0.25, 0.3) is 5.69 Å². The van der Waals surface area contributed by atoms with Gasteiger partial charge < -0.3 is 5.11 Å². The lowest BCUT2D eigenvalue weighted by Gasteiger charge is -2.01. The van der Waals surface area contributed by atoms with E-state index in [0.29, 0.717) is 0 Å². The van der Waals surface area contributed by atoms with Crippen LogP contribution in [0.2, 0.25) is 0 Å². The van der Waals surface area contributed by atoms with Crippen molar-refractivity contribution in [3.63, 3.8) is 0 Å². The molecule has 0 saturated carbocycles. The molecule has 76 valence electrons. The lowest BCUT2D eigenvalue weighted by atomic mass is 10.0. The maximum Gasteiger partial charge on any atom is 0.337 e. The molecule has 0 amide bonds. The molecule has 0 atom stereocenters. The Kier molecular flexibility index (Phi) is 2.67. The number of aryl methyl sites for hydroxylation is 1. The Balaban J connectivity index is 3.54. The van der Waals surface area contributed by atoms with E-state index in [1.807, 2.05) is 0 Å². The van der Waals surface area contributed by atoms with E-state index in [9.17, 15) is 14.9 Å². The van der Waals surface area contributed by atoms with E-state index in [1.54, 1.807) is 6.07 Å². The van der Waals surface area contributed by atoms with E-state index < -0.39 is 10.9 Å². The van der Waals surface area contributed by atoms with Gasteiger partial charge in [-0.3, -0.25) is 10.1 Å². The largest absolute Gasteiger partial charge is 0.478 e. The van der Waals surface area contributed by atoms with Crippen molar-refractivity contribution in [1.82, 2.24) is 0 Å². The number of nitrogens with zero attached hydrogens (tertiary/aromatic N) is 2. The van der Waals surface area contributed by atoms with E-state index in [4.69, 9.17) is 10.4 Å². The van der Waals surface area contributed by atoms with Gasteiger partial charge >= 0.3 is 5.97 Å². The Hall–Kier alpha value is -2.42. The number of carbonyl (C=O) groups is 1. The first-order valence-corrected chi connectivity index (χ1v) is 3.89. The quantitative estimate of drug-likeness (QED) is 0.582. The van der Waals surface area contributed by atoms with Crippen molar-refractivity contribution in [2.24, 2.45) is 0 Å². The van der Waals surface area contributed by atoms with Crippen LogP contribution in [0.25, 0.3) is 0 Å². The lowest BCUT2D eigenvalue weighted by Crippen LogP contribution is -2.03. The number of non-ortho nitro benzene ring substituents is 1. The molecule has 0 aromatic heterocycles. The van der Waals surface area contributed by atoms with Gasteiger partial charge in [0.2, 0.25) is 0 Å². The highest BCUT2D eigenvalue weighted by atomic mass is 16.6. The summed E-state index contributed by atoms with van der Waals surface area (Å²) in [5, 5.41) is 27.9. The summed E-state index contributed by atoms with van der Waals surface area (Å²) in [4.78, 5) is 20.5. The molecule has 0 spiro atoms. The highest BCUT2D eigenvalue weighted by molar-refractivity contribution is 5.92. The molecular formula is C9H6N2O4. The Morgan fingerprint density at radius 1 is 1.60 bits per heavy atom. The van der Waals surface area contributed by atoms with E-state index in [1.165, 1.54) is 13.0 Å². The third-order valence-corrected chi connectivity index (χ3v) is 1.87. The first kappa shape index (κ1) is 10.7. The summed E-state index contributed by atoms with van der Waals surface area (Å²) in [5.41, 5.74) is -0.440. The van der Waals surface area contributed by atoms with Crippen LogP contribution >= 0.6 is 0 Å². The SMILES string of the molecule is Cc1cc([N+](=O)[O-])cc(C(=O)O)c1C#N. The number of benzene rings is 1. The molecule has 0 aliphatic carbocycles. The van der Waals surface area contributed by atoms with E-state index in [-0.39, 0.29) is 22.4 Å². The lowest BCUT2D eigenvalue weighted by molar-refractivity contribution is -0.384. The van der Waals surface area contributed by atoms with Gasteiger partial charge in [-0.25, -0.2) is 4.79 Å². The van der Waals surface area contributed by atoms with Crippen LogP contribution in [-0.4, -0.2) is 16.0 Å². The number of nitro groups is 1. The van der Waals surface area contributed by atoms with Crippen LogP contribution in [-0.2, 0) is 0 Å². The van der Waals surface area contributed by atoms with Crippen molar-refractivity contribution in [3.8, 4) is 6.07 Å². The molecule has 6 heteroatoms. The van der Waals surface area contributed by atoms with Crippen LogP contribution in [0.4, 0.5) is 5.69 Å². The maximum atomic E-state index is 10.7. The molecule has 0 aliphatic rings. The smallest absolute Gasteiger partial charge is 0.337 e. The van der Waals surface area contributed by atoms with Crippen molar-refractivity contribution in [2.45, 2.75) is 6.92 Å². The fourth-order valence-corrected chi connectivity index (χ4v) is 1.19. The fourth-order valence-electron chi connectivity index (χ4n) is 1.19. The minimum Gasteiger partial charge on any atom is -0.478 e. The monoisotopic (exact) mass is 206 g/mol. The maximum absolute atomic E-state index is 10.7. The summed E-state index contributed by atoms with van der Waals surface area (Å²) in [6.45, 7) is 1.46. The molecule has 0 aliphatic heterocycles. The summed E-state index contributed by atoms with van der Waals surface area (Å²) >= 11 is 0. The van der Waals surface area contributed by atoms with Gasteiger partial charge in [0, 0.05) is 12.1 Å². The number of nitro benzene ring substituents is 1. The second-order valence-corrected chi connectivity index (χ2v) is 2.86. The van der Waals surface area contributed by atoms with Gasteiger partial charge in [-0.1, -0.05) is 0 Å². The Morgan fingerprint density at radius 2 is 2.20 bits per heavy atom.